The number of benzene rings is 1. The SMILES string of the molecule is Cc1ccc(C(=O)NC(c2ccc(Cl)cc2)c2ccn(C)n2)o1. The number of nitrogens with one attached hydrogen (secondary N) is 1. The number of halogens is 1. The molecule has 0 bridgehead atoms. The maximum absolute atomic E-state index is 12.4. The van der Waals surface area contributed by atoms with Crippen LogP contribution in [0, 0.1) is 6.92 Å². The number of furan rings is 1. The number of aryl methyl sites for hydroxylation is 2. The molecule has 1 unspecified atom stereocenters. The quantitative estimate of drug-likeness (QED) is 0.797. The molecule has 2 aromatic heterocycles. The van der Waals surface area contributed by atoms with Crippen molar-refractivity contribution in [3.63, 3.8) is 0 Å². The number of carbonyl (C=O) groups excluding carboxylic acids is 1. The zero-order valence-corrected chi connectivity index (χ0v) is 13.5. The Bertz CT molecular complexity index is 820. The number of hydrogen-bond acceptors (Lipinski definition) is 3. The fourth-order valence-corrected chi connectivity index (χ4v) is 2.46. The lowest BCUT2D eigenvalue weighted by Gasteiger charge is -2.17. The molecule has 1 aromatic carbocycles. The van der Waals surface area contributed by atoms with Crippen LogP contribution < -0.4 is 5.32 Å². The summed E-state index contributed by atoms with van der Waals surface area (Å²) in [6, 6.07) is 12.2. The average Bonchev–Trinajstić information content (AvgIpc) is 3.14. The minimum absolute atomic E-state index is 0.275. The van der Waals surface area contributed by atoms with Crippen molar-refractivity contribution in [1.82, 2.24) is 15.1 Å². The molecule has 118 valence electrons. The van der Waals surface area contributed by atoms with Gasteiger partial charge in [0, 0.05) is 18.3 Å². The molecule has 0 saturated carbocycles. The highest BCUT2D eigenvalue weighted by Crippen LogP contribution is 2.23. The summed E-state index contributed by atoms with van der Waals surface area (Å²) in [5.74, 6) is 0.678. The number of rotatable bonds is 4. The highest BCUT2D eigenvalue weighted by molar-refractivity contribution is 6.30. The van der Waals surface area contributed by atoms with Gasteiger partial charge in [-0.15, -0.1) is 0 Å². The van der Waals surface area contributed by atoms with Gasteiger partial charge in [-0.3, -0.25) is 9.48 Å². The predicted molar refractivity (Wildman–Crippen MR) is 87.4 cm³/mol. The topological polar surface area (TPSA) is 60.1 Å². The van der Waals surface area contributed by atoms with E-state index in [1.165, 1.54) is 0 Å². The lowest BCUT2D eigenvalue weighted by Crippen LogP contribution is -2.29. The number of aromatic nitrogens is 2. The Morgan fingerprint density at radius 2 is 1.96 bits per heavy atom. The molecule has 6 heteroatoms. The van der Waals surface area contributed by atoms with Gasteiger partial charge in [-0.2, -0.15) is 5.10 Å². The third kappa shape index (κ3) is 3.46. The van der Waals surface area contributed by atoms with Crippen molar-refractivity contribution < 1.29 is 9.21 Å². The summed E-state index contributed by atoms with van der Waals surface area (Å²) < 4.78 is 7.08. The van der Waals surface area contributed by atoms with E-state index in [0.717, 1.165) is 11.3 Å². The van der Waals surface area contributed by atoms with Crippen LogP contribution in [0.1, 0.15) is 33.6 Å². The molecule has 0 radical (unpaired) electrons. The van der Waals surface area contributed by atoms with E-state index in [2.05, 4.69) is 10.4 Å². The third-order valence-corrected chi connectivity index (χ3v) is 3.72. The molecule has 3 aromatic rings. The van der Waals surface area contributed by atoms with Crippen LogP contribution in [0.4, 0.5) is 0 Å². The van der Waals surface area contributed by atoms with Gasteiger partial charge in [-0.25, -0.2) is 0 Å². The summed E-state index contributed by atoms with van der Waals surface area (Å²) >= 11 is 5.95. The Morgan fingerprint density at radius 3 is 2.52 bits per heavy atom. The average molecular weight is 330 g/mol. The Labute approximate surface area is 138 Å². The van der Waals surface area contributed by atoms with Crippen molar-refractivity contribution in [3.8, 4) is 0 Å². The second-order valence-corrected chi connectivity index (χ2v) is 5.72. The zero-order chi connectivity index (χ0) is 16.4. The van der Waals surface area contributed by atoms with Crippen LogP contribution >= 0.6 is 11.6 Å². The van der Waals surface area contributed by atoms with E-state index in [1.807, 2.05) is 31.4 Å². The van der Waals surface area contributed by atoms with Gasteiger partial charge in [-0.05, 0) is 42.8 Å². The monoisotopic (exact) mass is 329 g/mol. The van der Waals surface area contributed by atoms with Gasteiger partial charge in [0.05, 0.1) is 11.7 Å². The van der Waals surface area contributed by atoms with Gasteiger partial charge in [0.15, 0.2) is 5.76 Å². The highest BCUT2D eigenvalue weighted by Gasteiger charge is 2.21. The number of hydrogen-bond donors (Lipinski definition) is 1. The third-order valence-electron chi connectivity index (χ3n) is 3.47. The van der Waals surface area contributed by atoms with E-state index in [-0.39, 0.29) is 17.7 Å². The van der Waals surface area contributed by atoms with Crippen LogP contribution in [0.25, 0.3) is 0 Å². The maximum atomic E-state index is 12.4. The molecule has 0 aliphatic heterocycles. The number of amides is 1. The second-order valence-electron chi connectivity index (χ2n) is 5.28. The fourth-order valence-electron chi connectivity index (χ4n) is 2.33. The van der Waals surface area contributed by atoms with Gasteiger partial charge in [0.25, 0.3) is 5.91 Å². The summed E-state index contributed by atoms with van der Waals surface area (Å²) in [7, 11) is 1.83. The lowest BCUT2D eigenvalue weighted by atomic mass is 10.0. The predicted octanol–water partition coefficient (Wildman–Crippen LogP) is 3.49. The minimum atomic E-state index is -0.383. The van der Waals surface area contributed by atoms with Gasteiger partial charge < -0.3 is 9.73 Å². The maximum Gasteiger partial charge on any atom is 0.287 e. The van der Waals surface area contributed by atoms with E-state index in [9.17, 15) is 4.79 Å². The normalized spacial score (nSPS) is 12.1. The van der Waals surface area contributed by atoms with Crippen LogP contribution in [0.3, 0.4) is 0 Å². The molecule has 3 rings (SSSR count). The van der Waals surface area contributed by atoms with E-state index in [1.54, 1.807) is 35.9 Å². The molecule has 1 amide bonds. The first-order chi connectivity index (χ1) is 11.0. The van der Waals surface area contributed by atoms with E-state index in [4.69, 9.17) is 16.0 Å². The van der Waals surface area contributed by atoms with Gasteiger partial charge in [0.2, 0.25) is 0 Å². The molecule has 5 nitrogen and oxygen atoms in total. The Balaban J connectivity index is 1.92. The van der Waals surface area contributed by atoms with Crippen molar-refractivity contribution in [3.05, 3.63) is 76.5 Å². The molecule has 0 fully saturated rings. The fraction of sp³-hybridized carbons (Fsp3) is 0.176. The molecule has 0 aliphatic carbocycles. The van der Waals surface area contributed by atoms with Crippen LogP contribution in [-0.2, 0) is 7.05 Å². The van der Waals surface area contributed by atoms with Crippen LogP contribution in [-0.4, -0.2) is 15.7 Å². The summed E-state index contributed by atoms with van der Waals surface area (Å²) in [5.41, 5.74) is 1.64. The smallest absolute Gasteiger partial charge is 0.287 e. The molecule has 1 N–H and O–H groups in total. The molecule has 0 aliphatic rings. The molecule has 0 spiro atoms. The molecular weight excluding hydrogens is 314 g/mol. The standard InChI is InChI=1S/C17H16ClN3O2/c1-11-3-8-15(23-11)17(22)19-16(14-9-10-21(2)20-14)12-4-6-13(18)7-5-12/h3-10,16H,1-2H3,(H,19,22). The first-order valence-corrected chi connectivity index (χ1v) is 7.53. The Hall–Kier alpha value is -2.53. The first-order valence-electron chi connectivity index (χ1n) is 7.15. The lowest BCUT2D eigenvalue weighted by molar-refractivity contribution is 0.0913. The van der Waals surface area contributed by atoms with Crippen LogP contribution in [0.15, 0.2) is 53.1 Å². The van der Waals surface area contributed by atoms with E-state index < -0.39 is 0 Å². The van der Waals surface area contributed by atoms with E-state index in [0.29, 0.717) is 10.8 Å². The zero-order valence-electron chi connectivity index (χ0n) is 12.8. The van der Waals surface area contributed by atoms with Gasteiger partial charge in [-0.1, -0.05) is 23.7 Å². The van der Waals surface area contributed by atoms with E-state index >= 15 is 0 Å². The minimum Gasteiger partial charge on any atom is -0.456 e. The molecular formula is C17H16ClN3O2. The molecule has 1 atom stereocenters. The summed E-state index contributed by atoms with van der Waals surface area (Å²) in [4.78, 5) is 12.4. The van der Waals surface area contributed by atoms with Crippen molar-refractivity contribution in [2.24, 2.45) is 7.05 Å². The number of carbonyl (C=O) groups is 1. The largest absolute Gasteiger partial charge is 0.456 e. The second kappa shape index (κ2) is 6.30. The van der Waals surface area contributed by atoms with Crippen molar-refractivity contribution in [2.75, 3.05) is 0 Å². The molecule has 2 heterocycles. The molecule has 0 saturated heterocycles. The van der Waals surface area contributed by atoms with Crippen LogP contribution in [0.2, 0.25) is 5.02 Å². The van der Waals surface area contributed by atoms with Crippen molar-refractivity contribution in [1.29, 1.82) is 0 Å². The van der Waals surface area contributed by atoms with Crippen LogP contribution in [0.5, 0.6) is 0 Å². The number of nitrogens with zero attached hydrogens (tertiary/aromatic N) is 2. The Morgan fingerprint density at radius 1 is 1.22 bits per heavy atom. The summed E-state index contributed by atoms with van der Waals surface area (Å²) in [6.07, 6.45) is 1.83. The molecule has 23 heavy (non-hydrogen) atoms. The van der Waals surface area contributed by atoms with Gasteiger partial charge in [0.1, 0.15) is 5.76 Å². The highest BCUT2D eigenvalue weighted by atomic mass is 35.5. The van der Waals surface area contributed by atoms with Crippen molar-refractivity contribution >= 4 is 17.5 Å². The first kappa shape index (κ1) is 15.4. The summed E-state index contributed by atoms with van der Waals surface area (Å²) in [6.45, 7) is 1.80. The van der Waals surface area contributed by atoms with Gasteiger partial charge >= 0.3 is 0 Å². The van der Waals surface area contributed by atoms with Crippen molar-refractivity contribution in [2.45, 2.75) is 13.0 Å². The Kier molecular flexibility index (Phi) is 4.21. The summed E-state index contributed by atoms with van der Waals surface area (Å²) in [5, 5.41) is 8.00.